The fourth-order valence-electron chi connectivity index (χ4n) is 2.77. The number of carbonyl (C=O) groups is 5. The van der Waals surface area contributed by atoms with Crippen LogP contribution in [0.4, 0.5) is 10.5 Å². The highest BCUT2D eigenvalue weighted by Crippen LogP contribution is 2.12. The number of primary amides is 1. The summed E-state index contributed by atoms with van der Waals surface area (Å²) in [5.41, 5.74) is 11.5. The van der Waals surface area contributed by atoms with E-state index in [0.717, 1.165) is 0 Å². The van der Waals surface area contributed by atoms with Gasteiger partial charge in [-0.3, -0.25) is 19.2 Å². The third kappa shape index (κ3) is 11.0. The summed E-state index contributed by atoms with van der Waals surface area (Å²) in [4.78, 5) is 59.2. The molecule has 1 rings (SSSR count). The smallest absolute Gasteiger partial charge is 0.312 e. The Morgan fingerprint density at radius 3 is 2.27 bits per heavy atom. The van der Waals surface area contributed by atoms with Crippen molar-refractivity contribution in [2.24, 2.45) is 11.5 Å². The number of hydrogen-bond donors (Lipinski definition) is 6. The number of nitrogens with two attached hydrogens (primary N) is 2. The molecule has 1 aromatic carbocycles. The summed E-state index contributed by atoms with van der Waals surface area (Å²) in [6.45, 7) is 1.86. The monoisotopic (exact) mass is 464 g/mol. The summed E-state index contributed by atoms with van der Waals surface area (Å²) in [6.07, 6.45) is 0.755. The number of hydrogen-bond acceptors (Lipinski definition) is 7. The van der Waals surface area contributed by atoms with E-state index in [-0.39, 0.29) is 44.2 Å². The number of ether oxygens (including phenoxy) is 1. The van der Waals surface area contributed by atoms with Gasteiger partial charge in [-0.15, -0.1) is 0 Å². The number of anilines is 1. The molecule has 1 aromatic rings. The maximum Gasteiger partial charge on any atom is 0.312 e. The highest BCUT2D eigenvalue weighted by molar-refractivity contribution is 5.98. The molecule has 5 amide bonds. The first-order chi connectivity index (χ1) is 15.7. The van der Waals surface area contributed by atoms with Crippen LogP contribution in [0.25, 0.3) is 0 Å². The average Bonchev–Trinajstić information content (AvgIpc) is 2.76. The van der Waals surface area contributed by atoms with E-state index in [0.29, 0.717) is 17.7 Å². The van der Waals surface area contributed by atoms with Crippen molar-refractivity contribution in [2.75, 3.05) is 25.5 Å². The van der Waals surface area contributed by atoms with Gasteiger partial charge in [-0.05, 0) is 37.5 Å². The zero-order valence-electron chi connectivity index (χ0n) is 18.8. The number of benzene rings is 1. The highest BCUT2D eigenvalue weighted by atomic mass is 16.5. The second kappa shape index (κ2) is 14.4. The van der Waals surface area contributed by atoms with Crippen LogP contribution in [0.3, 0.4) is 0 Å². The van der Waals surface area contributed by atoms with Gasteiger partial charge in [0.25, 0.3) is 0 Å². The van der Waals surface area contributed by atoms with Gasteiger partial charge < -0.3 is 37.5 Å². The van der Waals surface area contributed by atoms with Crippen LogP contribution in [0.1, 0.15) is 31.7 Å². The van der Waals surface area contributed by atoms with Gasteiger partial charge in [-0.2, -0.15) is 0 Å². The molecule has 0 aliphatic carbocycles. The number of urea groups is 1. The van der Waals surface area contributed by atoms with Gasteiger partial charge in [0, 0.05) is 25.2 Å². The van der Waals surface area contributed by atoms with Gasteiger partial charge >= 0.3 is 12.0 Å². The molecule has 182 valence electrons. The Balaban J connectivity index is 2.79. The molecule has 0 aromatic heterocycles. The minimum Gasteiger partial charge on any atom is -0.469 e. The van der Waals surface area contributed by atoms with Crippen LogP contribution in [0.15, 0.2) is 24.3 Å². The highest BCUT2D eigenvalue weighted by Gasteiger charge is 2.24. The van der Waals surface area contributed by atoms with Crippen molar-refractivity contribution in [3.05, 3.63) is 29.8 Å². The first-order valence-corrected chi connectivity index (χ1v) is 10.5. The van der Waals surface area contributed by atoms with Crippen molar-refractivity contribution in [2.45, 2.75) is 44.7 Å². The summed E-state index contributed by atoms with van der Waals surface area (Å²) in [5, 5.41) is 10.3. The van der Waals surface area contributed by atoms with Gasteiger partial charge in [-0.1, -0.05) is 12.1 Å². The number of carbonyl (C=O) groups excluding carboxylic acids is 5. The maximum atomic E-state index is 12.8. The van der Waals surface area contributed by atoms with Gasteiger partial charge in [-0.25, -0.2) is 4.79 Å². The zero-order valence-corrected chi connectivity index (χ0v) is 18.8. The average molecular weight is 465 g/mol. The van der Waals surface area contributed by atoms with Crippen LogP contribution >= 0.6 is 0 Å². The normalized spacial score (nSPS) is 12.1. The molecule has 0 unspecified atom stereocenters. The molecule has 12 heteroatoms. The molecule has 8 N–H and O–H groups in total. The summed E-state index contributed by atoms with van der Waals surface area (Å²) < 4.78 is 4.62. The van der Waals surface area contributed by atoms with E-state index in [1.54, 1.807) is 24.3 Å². The number of nitrogens with one attached hydrogen (secondary N) is 4. The topological polar surface area (TPSA) is 195 Å². The van der Waals surface area contributed by atoms with Crippen LogP contribution in [0.2, 0.25) is 0 Å². The second-order valence-electron chi connectivity index (χ2n) is 7.26. The molecule has 0 saturated carbocycles. The van der Waals surface area contributed by atoms with Crippen LogP contribution < -0.4 is 32.7 Å². The standard InChI is InChI=1S/C21H32N6O6/c1-13(25-17(28)9-10-22)19(30)27-16(4-3-11-24-21(23)32)20(31)26-15-7-5-14(6-8-15)12-18(29)33-2/h5-8,13,16H,3-4,9-12,22H2,1-2H3,(H,25,28)(H,26,31)(H,27,30)(H3,23,24,32)/t13-,16-/m0/s1. The van der Waals surface area contributed by atoms with Gasteiger partial charge in [0.2, 0.25) is 17.7 Å². The Hall–Kier alpha value is -3.67. The number of amides is 5. The molecule has 2 atom stereocenters. The molecule has 0 aliphatic heterocycles. The molecule has 0 radical (unpaired) electrons. The lowest BCUT2D eigenvalue weighted by Gasteiger charge is -2.21. The Kier molecular flexibility index (Phi) is 11.9. The predicted molar refractivity (Wildman–Crippen MR) is 121 cm³/mol. The van der Waals surface area contributed by atoms with Crippen LogP contribution in [0.5, 0.6) is 0 Å². The van der Waals surface area contributed by atoms with Crippen LogP contribution in [-0.4, -0.2) is 62.0 Å². The number of methoxy groups -OCH3 is 1. The van der Waals surface area contributed by atoms with E-state index in [9.17, 15) is 24.0 Å². The van der Waals surface area contributed by atoms with E-state index < -0.39 is 29.9 Å². The van der Waals surface area contributed by atoms with Gasteiger partial charge in [0.1, 0.15) is 12.1 Å². The van der Waals surface area contributed by atoms with Crippen LogP contribution in [0, 0.1) is 0 Å². The molecule has 0 heterocycles. The Morgan fingerprint density at radius 2 is 1.70 bits per heavy atom. The minimum atomic E-state index is -0.934. The van der Waals surface area contributed by atoms with E-state index in [2.05, 4.69) is 26.0 Å². The summed E-state index contributed by atoms with van der Waals surface area (Å²) in [7, 11) is 1.30. The SMILES string of the molecule is COC(=O)Cc1ccc(NC(=O)[C@H](CCCNC(N)=O)NC(=O)[C@H](C)NC(=O)CCN)cc1. The predicted octanol–water partition coefficient (Wildman–Crippen LogP) is -0.873. The Bertz CT molecular complexity index is 829. The van der Waals surface area contributed by atoms with Crippen molar-refractivity contribution in [3.63, 3.8) is 0 Å². The van der Waals surface area contributed by atoms with Crippen molar-refractivity contribution < 1.29 is 28.7 Å². The third-order valence-electron chi connectivity index (χ3n) is 4.54. The third-order valence-corrected chi connectivity index (χ3v) is 4.54. The first-order valence-electron chi connectivity index (χ1n) is 10.5. The lowest BCUT2D eigenvalue weighted by atomic mass is 10.1. The fraction of sp³-hybridized carbons (Fsp3) is 0.476. The molecule has 33 heavy (non-hydrogen) atoms. The molecule has 12 nitrogen and oxygen atoms in total. The summed E-state index contributed by atoms with van der Waals surface area (Å²) in [6, 6.07) is 4.09. The number of esters is 1. The lowest BCUT2D eigenvalue weighted by molar-refractivity contribution is -0.139. The quantitative estimate of drug-likeness (QED) is 0.161. The molecule has 0 bridgehead atoms. The van der Waals surface area contributed by atoms with Crippen molar-refractivity contribution in [1.82, 2.24) is 16.0 Å². The second-order valence-corrected chi connectivity index (χ2v) is 7.26. The van der Waals surface area contributed by atoms with Crippen molar-refractivity contribution in [1.29, 1.82) is 0 Å². The molecule has 0 spiro atoms. The van der Waals surface area contributed by atoms with E-state index in [1.165, 1.54) is 14.0 Å². The number of rotatable bonds is 13. The molecular weight excluding hydrogens is 432 g/mol. The Morgan fingerprint density at radius 1 is 1.03 bits per heavy atom. The fourth-order valence-corrected chi connectivity index (χ4v) is 2.77. The zero-order chi connectivity index (χ0) is 24.8. The molecule has 0 fully saturated rings. The largest absolute Gasteiger partial charge is 0.469 e. The Labute approximate surface area is 192 Å². The summed E-state index contributed by atoms with van der Waals surface area (Å²) in [5.74, 6) is -1.79. The summed E-state index contributed by atoms with van der Waals surface area (Å²) >= 11 is 0. The first kappa shape index (κ1) is 27.4. The lowest BCUT2D eigenvalue weighted by Crippen LogP contribution is -2.51. The van der Waals surface area contributed by atoms with Gasteiger partial charge in [0.15, 0.2) is 0 Å². The van der Waals surface area contributed by atoms with E-state index in [4.69, 9.17) is 11.5 Å². The molecule has 0 aliphatic rings. The molecule has 0 saturated heterocycles. The minimum absolute atomic E-state index is 0.0757. The van der Waals surface area contributed by atoms with Gasteiger partial charge in [0.05, 0.1) is 13.5 Å². The van der Waals surface area contributed by atoms with Crippen molar-refractivity contribution in [3.8, 4) is 0 Å². The van der Waals surface area contributed by atoms with E-state index >= 15 is 0 Å². The molecular formula is C21H32N6O6. The van der Waals surface area contributed by atoms with E-state index in [1.807, 2.05) is 0 Å². The van der Waals surface area contributed by atoms with Crippen molar-refractivity contribution >= 4 is 35.4 Å². The van der Waals surface area contributed by atoms with Crippen LogP contribution in [-0.2, 0) is 30.3 Å². The maximum absolute atomic E-state index is 12.8.